The summed E-state index contributed by atoms with van der Waals surface area (Å²) in [5.74, 6) is 0. The van der Waals surface area contributed by atoms with Gasteiger partial charge in [0.25, 0.3) is 0 Å². The first-order valence-corrected chi connectivity index (χ1v) is 5.42. The lowest BCUT2D eigenvalue weighted by molar-refractivity contribution is 0.184. The first-order valence-electron chi connectivity index (χ1n) is 5.42. The van der Waals surface area contributed by atoms with Crippen LogP contribution in [0.3, 0.4) is 0 Å². The third kappa shape index (κ3) is 9.92. The molecule has 0 saturated carbocycles. The maximum atomic E-state index is 8.34. The van der Waals surface area contributed by atoms with Crippen molar-refractivity contribution in [1.29, 1.82) is 0 Å². The summed E-state index contributed by atoms with van der Waals surface area (Å²) in [6, 6.07) is 0. The van der Waals surface area contributed by atoms with Gasteiger partial charge in [0.2, 0.25) is 0 Å². The molecular formula is C10H24N2O2. The second-order valence-corrected chi connectivity index (χ2v) is 3.56. The fourth-order valence-corrected chi connectivity index (χ4v) is 1.26. The Bertz CT molecular complexity index is 90.8. The van der Waals surface area contributed by atoms with Crippen molar-refractivity contribution in [2.45, 2.75) is 19.3 Å². The van der Waals surface area contributed by atoms with E-state index in [0.29, 0.717) is 13.1 Å². The van der Waals surface area contributed by atoms with Gasteiger partial charge in [0, 0.05) is 13.1 Å². The summed E-state index contributed by atoms with van der Waals surface area (Å²) in [5.41, 5.74) is 0. The molecule has 0 aromatic rings. The third-order valence-corrected chi connectivity index (χ3v) is 2.17. The SMILES string of the molecule is C1CCNCC1.CN(CCO)CCO. The molecule has 1 saturated heterocycles. The van der Waals surface area contributed by atoms with Crippen molar-refractivity contribution in [3.63, 3.8) is 0 Å². The Hall–Kier alpha value is -0.160. The molecule has 0 aliphatic carbocycles. The highest BCUT2D eigenvalue weighted by Crippen LogP contribution is 1.96. The number of nitrogens with zero attached hydrogens (tertiary/aromatic N) is 1. The van der Waals surface area contributed by atoms with E-state index in [-0.39, 0.29) is 13.2 Å². The predicted molar refractivity (Wildman–Crippen MR) is 58.4 cm³/mol. The summed E-state index contributed by atoms with van der Waals surface area (Å²) in [4.78, 5) is 1.86. The maximum Gasteiger partial charge on any atom is 0.0558 e. The van der Waals surface area contributed by atoms with Crippen LogP contribution in [-0.4, -0.2) is 61.6 Å². The van der Waals surface area contributed by atoms with Crippen molar-refractivity contribution < 1.29 is 10.2 Å². The van der Waals surface area contributed by atoms with Gasteiger partial charge in [-0.2, -0.15) is 0 Å². The number of likely N-dealkylation sites (N-methyl/N-ethyl adjacent to an activating group) is 1. The molecule has 86 valence electrons. The van der Waals surface area contributed by atoms with Crippen molar-refractivity contribution in [2.75, 3.05) is 46.4 Å². The van der Waals surface area contributed by atoms with E-state index in [1.807, 2.05) is 11.9 Å². The highest BCUT2D eigenvalue weighted by atomic mass is 16.3. The van der Waals surface area contributed by atoms with Gasteiger partial charge in [-0.15, -0.1) is 0 Å². The van der Waals surface area contributed by atoms with E-state index in [9.17, 15) is 0 Å². The Balaban J connectivity index is 0.000000249. The third-order valence-electron chi connectivity index (χ3n) is 2.17. The van der Waals surface area contributed by atoms with Crippen LogP contribution in [0.25, 0.3) is 0 Å². The number of hydrogen-bond donors (Lipinski definition) is 3. The lowest BCUT2D eigenvalue weighted by Crippen LogP contribution is -2.25. The molecule has 0 radical (unpaired) electrons. The molecule has 0 atom stereocenters. The molecule has 0 aromatic carbocycles. The van der Waals surface area contributed by atoms with Gasteiger partial charge < -0.3 is 20.4 Å². The second kappa shape index (κ2) is 10.9. The molecule has 4 nitrogen and oxygen atoms in total. The molecule has 14 heavy (non-hydrogen) atoms. The zero-order chi connectivity index (χ0) is 10.6. The van der Waals surface area contributed by atoms with Gasteiger partial charge in [-0.25, -0.2) is 0 Å². The molecule has 0 bridgehead atoms. The molecule has 0 amide bonds. The minimum absolute atomic E-state index is 0.163. The fourth-order valence-electron chi connectivity index (χ4n) is 1.26. The molecule has 0 aromatic heterocycles. The van der Waals surface area contributed by atoms with Crippen LogP contribution >= 0.6 is 0 Å². The van der Waals surface area contributed by atoms with E-state index >= 15 is 0 Å². The van der Waals surface area contributed by atoms with Crippen LogP contribution in [0.4, 0.5) is 0 Å². The lowest BCUT2D eigenvalue weighted by Gasteiger charge is -2.11. The Kier molecular flexibility index (Phi) is 10.8. The number of nitrogens with one attached hydrogen (secondary N) is 1. The van der Waals surface area contributed by atoms with Crippen LogP contribution in [-0.2, 0) is 0 Å². The Morgan fingerprint density at radius 2 is 1.50 bits per heavy atom. The second-order valence-electron chi connectivity index (χ2n) is 3.56. The highest BCUT2D eigenvalue weighted by molar-refractivity contribution is 4.55. The van der Waals surface area contributed by atoms with Gasteiger partial charge in [-0.05, 0) is 33.0 Å². The van der Waals surface area contributed by atoms with Crippen LogP contribution in [0.15, 0.2) is 0 Å². The molecule has 1 heterocycles. The normalized spacial score (nSPS) is 16.3. The minimum Gasteiger partial charge on any atom is -0.395 e. The van der Waals surface area contributed by atoms with Crippen molar-refractivity contribution in [3.8, 4) is 0 Å². The highest BCUT2D eigenvalue weighted by Gasteiger charge is 1.93. The van der Waals surface area contributed by atoms with Gasteiger partial charge in [0.05, 0.1) is 13.2 Å². The van der Waals surface area contributed by atoms with Gasteiger partial charge in [-0.1, -0.05) is 6.42 Å². The standard InChI is InChI=1S/C5H13NO2.C5H11N/c1-6(2-4-7)3-5-8;1-2-4-6-5-3-1/h7-8H,2-5H2,1H3;6H,1-5H2. The first kappa shape index (κ1) is 13.8. The van der Waals surface area contributed by atoms with Crippen molar-refractivity contribution in [1.82, 2.24) is 10.2 Å². The number of hydrogen-bond acceptors (Lipinski definition) is 4. The van der Waals surface area contributed by atoms with Crippen LogP contribution in [0.5, 0.6) is 0 Å². The summed E-state index contributed by atoms with van der Waals surface area (Å²) in [6.07, 6.45) is 4.22. The van der Waals surface area contributed by atoms with Crippen molar-refractivity contribution in [2.24, 2.45) is 0 Å². The summed E-state index contributed by atoms with van der Waals surface area (Å²) >= 11 is 0. The molecular weight excluding hydrogens is 180 g/mol. The van der Waals surface area contributed by atoms with Gasteiger partial charge in [0.1, 0.15) is 0 Å². The van der Waals surface area contributed by atoms with Crippen LogP contribution < -0.4 is 5.32 Å². The van der Waals surface area contributed by atoms with E-state index in [0.717, 1.165) is 0 Å². The van der Waals surface area contributed by atoms with E-state index < -0.39 is 0 Å². The molecule has 0 spiro atoms. The van der Waals surface area contributed by atoms with Crippen molar-refractivity contribution >= 4 is 0 Å². The van der Waals surface area contributed by atoms with Gasteiger partial charge in [-0.3, -0.25) is 0 Å². The molecule has 1 aliphatic rings. The molecule has 3 N–H and O–H groups in total. The minimum atomic E-state index is 0.163. The average molecular weight is 204 g/mol. The largest absolute Gasteiger partial charge is 0.395 e. The Labute approximate surface area is 86.9 Å². The molecule has 4 heteroatoms. The quantitative estimate of drug-likeness (QED) is 0.586. The molecule has 1 fully saturated rings. The summed E-state index contributed by atoms with van der Waals surface area (Å²) in [6.45, 7) is 4.11. The van der Waals surface area contributed by atoms with E-state index in [4.69, 9.17) is 10.2 Å². The van der Waals surface area contributed by atoms with Crippen molar-refractivity contribution in [3.05, 3.63) is 0 Å². The summed E-state index contributed by atoms with van der Waals surface area (Å²) in [5, 5.41) is 20.0. The Morgan fingerprint density at radius 3 is 1.71 bits per heavy atom. The van der Waals surface area contributed by atoms with Crippen LogP contribution in [0.2, 0.25) is 0 Å². The number of rotatable bonds is 4. The van der Waals surface area contributed by atoms with E-state index in [1.54, 1.807) is 0 Å². The lowest BCUT2D eigenvalue weighted by atomic mass is 10.2. The van der Waals surface area contributed by atoms with Crippen LogP contribution in [0.1, 0.15) is 19.3 Å². The zero-order valence-corrected chi connectivity index (χ0v) is 9.21. The first-order chi connectivity index (χ1) is 6.81. The van der Waals surface area contributed by atoms with Gasteiger partial charge in [0.15, 0.2) is 0 Å². The van der Waals surface area contributed by atoms with E-state index in [1.165, 1.54) is 32.4 Å². The predicted octanol–water partition coefficient (Wildman–Crippen LogP) is -0.337. The molecule has 1 rings (SSSR count). The molecule has 1 aliphatic heterocycles. The van der Waals surface area contributed by atoms with Gasteiger partial charge >= 0.3 is 0 Å². The zero-order valence-electron chi connectivity index (χ0n) is 9.21. The smallest absolute Gasteiger partial charge is 0.0558 e. The number of aliphatic hydroxyl groups excluding tert-OH is 2. The average Bonchev–Trinajstić information content (AvgIpc) is 2.22. The summed E-state index contributed by atoms with van der Waals surface area (Å²) in [7, 11) is 1.85. The van der Waals surface area contributed by atoms with Crippen LogP contribution in [0, 0.1) is 0 Å². The maximum absolute atomic E-state index is 8.34. The molecule has 0 unspecified atom stereocenters. The number of piperidine rings is 1. The fraction of sp³-hybridized carbons (Fsp3) is 1.00. The number of aliphatic hydroxyl groups is 2. The Morgan fingerprint density at radius 1 is 1.00 bits per heavy atom. The topological polar surface area (TPSA) is 55.7 Å². The monoisotopic (exact) mass is 204 g/mol. The van der Waals surface area contributed by atoms with E-state index in [2.05, 4.69) is 5.32 Å². The summed E-state index contributed by atoms with van der Waals surface area (Å²) < 4.78 is 0.